The van der Waals surface area contributed by atoms with Crippen LogP contribution in [0.15, 0.2) is 18.2 Å². The van der Waals surface area contributed by atoms with Gasteiger partial charge in [0.05, 0.1) is 0 Å². The van der Waals surface area contributed by atoms with Crippen LogP contribution in [-0.4, -0.2) is 73.2 Å². The van der Waals surface area contributed by atoms with Gasteiger partial charge in [-0.05, 0) is 63.1 Å². The highest BCUT2D eigenvalue weighted by Crippen LogP contribution is 2.32. The van der Waals surface area contributed by atoms with Gasteiger partial charge >= 0.3 is 6.03 Å². The second-order valence-electron chi connectivity index (χ2n) is 9.26. The average Bonchev–Trinajstić information content (AvgIpc) is 3.65. The monoisotopic (exact) mass is 446 g/mol. The van der Waals surface area contributed by atoms with Gasteiger partial charge < -0.3 is 20.3 Å². The third-order valence-electron chi connectivity index (χ3n) is 6.92. The zero-order valence-corrected chi connectivity index (χ0v) is 18.9. The summed E-state index contributed by atoms with van der Waals surface area (Å²) < 4.78 is 19.3. The standard InChI is InChI=1S/C24H35FN4O3/c1-17-2-5-19(16-22(17)25)27-24(31)26-10-13-29(21-8-14-32-15-9-21)20-6-11-28(12-7-20)23(30)18-3-4-18/h2,5,16,18,20-21H,3-4,6-15H2,1H3,(H2,26,27,31). The van der Waals surface area contributed by atoms with E-state index in [2.05, 4.69) is 15.5 Å². The predicted octanol–water partition coefficient (Wildman–Crippen LogP) is 3.14. The van der Waals surface area contributed by atoms with Crippen molar-refractivity contribution in [1.29, 1.82) is 0 Å². The van der Waals surface area contributed by atoms with Gasteiger partial charge in [0.1, 0.15) is 5.82 Å². The van der Waals surface area contributed by atoms with E-state index in [4.69, 9.17) is 4.74 Å². The van der Waals surface area contributed by atoms with Crippen LogP contribution < -0.4 is 10.6 Å². The molecule has 3 fully saturated rings. The number of nitrogens with zero attached hydrogens (tertiary/aromatic N) is 2. The maximum atomic E-state index is 13.7. The fraction of sp³-hybridized carbons (Fsp3) is 0.667. The number of urea groups is 1. The van der Waals surface area contributed by atoms with Crippen LogP contribution in [0.5, 0.6) is 0 Å². The highest BCUT2D eigenvalue weighted by atomic mass is 19.1. The molecule has 1 aromatic carbocycles. The number of halogens is 1. The van der Waals surface area contributed by atoms with E-state index >= 15 is 0 Å². The number of ether oxygens (including phenoxy) is 1. The number of nitrogens with one attached hydrogen (secondary N) is 2. The van der Waals surface area contributed by atoms with Crippen LogP contribution in [-0.2, 0) is 9.53 Å². The minimum absolute atomic E-state index is 0.280. The van der Waals surface area contributed by atoms with Gasteiger partial charge in [-0.25, -0.2) is 9.18 Å². The van der Waals surface area contributed by atoms with Crippen molar-refractivity contribution in [2.75, 3.05) is 44.7 Å². The molecule has 2 N–H and O–H groups in total. The van der Waals surface area contributed by atoms with E-state index in [1.165, 1.54) is 6.07 Å². The highest BCUT2D eigenvalue weighted by molar-refractivity contribution is 5.89. The van der Waals surface area contributed by atoms with Gasteiger partial charge in [-0.3, -0.25) is 9.69 Å². The van der Waals surface area contributed by atoms with E-state index in [0.717, 1.165) is 71.4 Å². The van der Waals surface area contributed by atoms with Gasteiger partial charge in [-0.2, -0.15) is 0 Å². The number of likely N-dealkylation sites (tertiary alicyclic amines) is 1. The van der Waals surface area contributed by atoms with Gasteiger partial charge in [-0.1, -0.05) is 6.07 Å². The Morgan fingerprint density at radius 1 is 1.09 bits per heavy atom. The van der Waals surface area contributed by atoms with Crippen LogP contribution in [0.1, 0.15) is 44.1 Å². The summed E-state index contributed by atoms with van der Waals surface area (Å²) in [6.45, 7) is 6.15. The molecule has 0 bridgehead atoms. The van der Waals surface area contributed by atoms with Crippen molar-refractivity contribution < 1.29 is 18.7 Å². The molecule has 176 valence electrons. The second kappa shape index (κ2) is 10.6. The molecule has 2 saturated heterocycles. The molecule has 0 aromatic heterocycles. The molecule has 0 radical (unpaired) electrons. The first-order chi connectivity index (χ1) is 15.5. The molecule has 2 heterocycles. The zero-order valence-electron chi connectivity index (χ0n) is 18.9. The van der Waals surface area contributed by atoms with Gasteiger partial charge in [0.25, 0.3) is 0 Å². The van der Waals surface area contributed by atoms with E-state index in [1.54, 1.807) is 19.1 Å². The van der Waals surface area contributed by atoms with E-state index in [9.17, 15) is 14.0 Å². The summed E-state index contributed by atoms with van der Waals surface area (Å²) in [7, 11) is 0. The second-order valence-corrected chi connectivity index (χ2v) is 9.26. The summed E-state index contributed by atoms with van der Waals surface area (Å²) in [5, 5.41) is 5.62. The molecular formula is C24H35FN4O3. The average molecular weight is 447 g/mol. The van der Waals surface area contributed by atoms with Crippen molar-refractivity contribution in [3.05, 3.63) is 29.6 Å². The summed E-state index contributed by atoms with van der Waals surface area (Å²) in [4.78, 5) is 29.3. The topological polar surface area (TPSA) is 73.9 Å². The quantitative estimate of drug-likeness (QED) is 0.675. The minimum atomic E-state index is -0.333. The van der Waals surface area contributed by atoms with Crippen molar-refractivity contribution in [1.82, 2.24) is 15.1 Å². The molecule has 0 spiro atoms. The Bertz CT molecular complexity index is 802. The van der Waals surface area contributed by atoms with Crippen LogP contribution in [0.3, 0.4) is 0 Å². The van der Waals surface area contributed by atoms with Crippen molar-refractivity contribution in [2.45, 2.75) is 57.5 Å². The highest BCUT2D eigenvalue weighted by Gasteiger charge is 2.37. The Morgan fingerprint density at radius 3 is 2.44 bits per heavy atom. The third kappa shape index (κ3) is 5.98. The summed E-state index contributed by atoms with van der Waals surface area (Å²) in [6.07, 6.45) is 6.05. The number of carbonyl (C=O) groups excluding carboxylic acids is 2. The molecule has 3 aliphatic rings. The fourth-order valence-electron chi connectivity index (χ4n) is 4.83. The lowest BCUT2D eigenvalue weighted by Crippen LogP contribution is -2.53. The van der Waals surface area contributed by atoms with Crippen molar-refractivity contribution in [3.63, 3.8) is 0 Å². The Kier molecular flexibility index (Phi) is 7.63. The van der Waals surface area contributed by atoms with Gasteiger partial charge in [0.15, 0.2) is 0 Å². The first kappa shape index (κ1) is 23.0. The molecule has 1 aromatic rings. The van der Waals surface area contributed by atoms with E-state index in [0.29, 0.717) is 35.8 Å². The number of hydrogen-bond donors (Lipinski definition) is 2. The van der Waals surface area contributed by atoms with Gasteiger partial charge in [0, 0.05) is 63.1 Å². The molecule has 4 rings (SSSR count). The Labute approximate surface area is 189 Å². The Hall–Kier alpha value is -2.19. The fourth-order valence-corrected chi connectivity index (χ4v) is 4.83. The smallest absolute Gasteiger partial charge is 0.319 e. The number of piperidine rings is 1. The molecule has 0 unspecified atom stereocenters. The Balaban J connectivity index is 1.28. The van der Waals surface area contributed by atoms with Crippen LogP contribution in [0.4, 0.5) is 14.9 Å². The maximum absolute atomic E-state index is 13.7. The van der Waals surface area contributed by atoms with E-state index < -0.39 is 0 Å². The number of carbonyl (C=O) groups is 2. The summed E-state index contributed by atoms with van der Waals surface area (Å²) in [5.41, 5.74) is 0.993. The molecule has 3 amide bonds. The third-order valence-corrected chi connectivity index (χ3v) is 6.92. The largest absolute Gasteiger partial charge is 0.381 e. The van der Waals surface area contributed by atoms with Gasteiger partial charge in [0.2, 0.25) is 5.91 Å². The predicted molar refractivity (Wildman–Crippen MR) is 121 cm³/mol. The number of benzene rings is 1. The maximum Gasteiger partial charge on any atom is 0.319 e. The number of amides is 3. The van der Waals surface area contributed by atoms with E-state index in [-0.39, 0.29) is 17.8 Å². The molecule has 2 aliphatic heterocycles. The van der Waals surface area contributed by atoms with Crippen molar-refractivity contribution in [2.24, 2.45) is 5.92 Å². The van der Waals surface area contributed by atoms with Gasteiger partial charge in [-0.15, -0.1) is 0 Å². The van der Waals surface area contributed by atoms with Crippen molar-refractivity contribution in [3.8, 4) is 0 Å². The first-order valence-corrected chi connectivity index (χ1v) is 11.9. The number of hydrogen-bond acceptors (Lipinski definition) is 4. The van der Waals surface area contributed by atoms with Crippen LogP contribution in [0, 0.1) is 18.7 Å². The molecule has 7 nitrogen and oxygen atoms in total. The normalized spacial score (nSPS) is 20.4. The minimum Gasteiger partial charge on any atom is -0.381 e. The van der Waals surface area contributed by atoms with Crippen LogP contribution in [0.2, 0.25) is 0 Å². The molecule has 32 heavy (non-hydrogen) atoms. The van der Waals surface area contributed by atoms with Crippen LogP contribution >= 0.6 is 0 Å². The lowest BCUT2D eigenvalue weighted by molar-refractivity contribution is -0.134. The molecular weight excluding hydrogens is 411 g/mol. The van der Waals surface area contributed by atoms with Crippen molar-refractivity contribution >= 4 is 17.6 Å². The SMILES string of the molecule is Cc1ccc(NC(=O)NCCN(C2CCOCC2)C2CCN(C(=O)C3CC3)CC2)cc1F. The van der Waals surface area contributed by atoms with Crippen LogP contribution in [0.25, 0.3) is 0 Å². The number of rotatable bonds is 7. The molecule has 0 atom stereocenters. The van der Waals surface area contributed by atoms with E-state index in [1.807, 2.05) is 4.90 Å². The lowest BCUT2D eigenvalue weighted by atomic mass is 9.97. The summed E-state index contributed by atoms with van der Waals surface area (Å²) >= 11 is 0. The zero-order chi connectivity index (χ0) is 22.5. The Morgan fingerprint density at radius 2 is 1.78 bits per heavy atom. The first-order valence-electron chi connectivity index (χ1n) is 11.9. The number of aryl methyl sites for hydroxylation is 1. The lowest BCUT2D eigenvalue weighted by Gasteiger charge is -2.43. The number of anilines is 1. The summed E-state index contributed by atoms with van der Waals surface area (Å²) in [6, 6.07) is 5.21. The molecule has 8 heteroatoms. The summed E-state index contributed by atoms with van der Waals surface area (Å²) in [5.74, 6) is 0.287. The molecule has 1 aliphatic carbocycles. The molecule has 1 saturated carbocycles.